The van der Waals surface area contributed by atoms with Crippen molar-refractivity contribution in [3.63, 3.8) is 0 Å². The van der Waals surface area contributed by atoms with Gasteiger partial charge in [0, 0.05) is 10.4 Å². The van der Waals surface area contributed by atoms with E-state index in [2.05, 4.69) is 15.9 Å². The summed E-state index contributed by atoms with van der Waals surface area (Å²) in [5.41, 5.74) is 0.770. The molecule has 3 atom stereocenters. The normalized spacial score (nSPS) is 25.8. The maximum Gasteiger partial charge on any atom is 0.311 e. The van der Waals surface area contributed by atoms with Crippen molar-refractivity contribution in [3.05, 3.63) is 34.3 Å². The van der Waals surface area contributed by atoms with Crippen LogP contribution in [0.1, 0.15) is 30.7 Å². The minimum absolute atomic E-state index is 0.159. The van der Waals surface area contributed by atoms with E-state index in [4.69, 9.17) is 0 Å². The molecule has 1 fully saturated rings. The van der Waals surface area contributed by atoms with E-state index in [1.54, 1.807) is 0 Å². The second kappa shape index (κ2) is 5.19. The van der Waals surface area contributed by atoms with E-state index in [9.17, 15) is 15.0 Å². The largest absolute Gasteiger partial charge is 0.481 e. The molecule has 17 heavy (non-hydrogen) atoms. The van der Waals surface area contributed by atoms with Gasteiger partial charge >= 0.3 is 5.97 Å². The van der Waals surface area contributed by atoms with Gasteiger partial charge in [0.1, 0.15) is 0 Å². The molecule has 1 aromatic carbocycles. The van der Waals surface area contributed by atoms with Crippen LogP contribution < -0.4 is 0 Å². The number of aliphatic hydroxyl groups is 1. The van der Waals surface area contributed by atoms with Gasteiger partial charge < -0.3 is 10.2 Å². The Kier molecular flexibility index (Phi) is 3.84. The van der Waals surface area contributed by atoms with E-state index in [0.717, 1.165) is 22.9 Å². The Bertz CT molecular complexity index is 402. The van der Waals surface area contributed by atoms with Crippen LogP contribution in [-0.2, 0) is 4.79 Å². The molecule has 3 nitrogen and oxygen atoms in total. The number of aliphatic carboxylic acids is 1. The van der Waals surface area contributed by atoms with Crippen LogP contribution in [0.4, 0.5) is 0 Å². The highest BCUT2D eigenvalue weighted by Crippen LogP contribution is 2.38. The molecule has 1 aliphatic rings. The van der Waals surface area contributed by atoms with Gasteiger partial charge in [0.05, 0.1) is 12.0 Å². The van der Waals surface area contributed by atoms with Crippen molar-refractivity contribution < 1.29 is 15.0 Å². The number of hydrogen-bond acceptors (Lipinski definition) is 2. The number of hydrogen-bond donors (Lipinski definition) is 2. The van der Waals surface area contributed by atoms with Gasteiger partial charge in [-0.2, -0.15) is 0 Å². The highest BCUT2D eigenvalue weighted by molar-refractivity contribution is 9.10. The standard InChI is InChI=1S/C13H15BrO3/c14-9-6-4-8(5-7-9)12(13(16)17)10-2-1-3-11(10)15/h4-7,10-12,15H,1-3H2,(H,16,17). The van der Waals surface area contributed by atoms with Gasteiger partial charge in [0.2, 0.25) is 0 Å². The third-order valence-electron chi connectivity index (χ3n) is 3.45. The lowest BCUT2D eigenvalue weighted by Crippen LogP contribution is -2.27. The lowest BCUT2D eigenvalue weighted by Gasteiger charge is -2.22. The molecule has 0 amide bonds. The van der Waals surface area contributed by atoms with Gasteiger partial charge in [0.15, 0.2) is 0 Å². The topological polar surface area (TPSA) is 57.5 Å². The van der Waals surface area contributed by atoms with E-state index in [1.807, 2.05) is 24.3 Å². The van der Waals surface area contributed by atoms with E-state index in [1.165, 1.54) is 0 Å². The molecule has 0 radical (unpaired) electrons. The summed E-state index contributed by atoms with van der Waals surface area (Å²) >= 11 is 3.33. The van der Waals surface area contributed by atoms with Gasteiger partial charge in [-0.25, -0.2) is 0 Å². The summed E-state index contributed by atoms with van der Waals surface area (Å²) < 4.78 is 0.928. The Morgan fingerprint density at radius 1 is 1.29 bits per heavy atom. The fourth-order valence-corrected chi connectivity index (χ4v) is 2.87. The first-order valence-corrected chi connectivity index (χ1v) is 6.55. The number of aliphatic hydroxyl groups excluding tert-OH is 1. The zero-order chi connectivity index (χ0) is 12.4. The summed E-state index contributed by atoms with van der Waals surface area (Å²) in [7, 11) is 0. The summed E-state index contributed by atoms with van der Waals surface area (Å²) in [6.07, 6.45) is 1.92. The van der Waals surface area contributed by atoms with E-state index in [-0.39, 0.29) is 5.92 Å². The van der Waals surface area contributed by atoms with E-state index in [0.29, 0.717) is 6.42 Å². The molecule has 0 heterocycles. The maximum atomic E-state index is 11.4. The highest BCUT2D eigenvalue weighted by atomic mass is 79.9. The SMILES string of the molecule is O=C(O)C(c1ccc(Br)cc1)C1CCCC1O. The average molecular weight is 299 g/mol. The molecule has 2 rings (SSSR count). The van der Waals surface area contributed by atoms with Crippen molar-refractivity contribution in [2.75, 3.05) is 0 Å². The number of carboxylic acid groups (broad SMARTS) is 1. The molecule has 1 aliphatic carbocycles. The first kappa shape index (κ1) is 12.6. The summed E-state index contributed by atoms with van der Waals surface area (Å²) in [6.45, 7) is 0. The Morgan fingerprint density at radius 3 is 2.41 bits per heavy atom. The molecular weight excluding hydrogens is 284 g/mol. The van der Waals surface area contributed by atoms with Crippen LogP contribution in [0.2, 0.25) is 0 Å². The summed E-state index contributed by atoms with van der Waals surface area (Å²) in [6, 6.07) is 7.31. The maximum absolute atomic E-state index is 11.4. The molecule has 4 heteroatoms. The van der Waals surface area contributed by atoms with E-state index < -0.39 is 18.0 Å². The van der Waals surface area contributed by atoms with Gasteiger partial charge in [0.25, 0.3) is 0 Å². The van der Waals surface area contributed by atoms with E-state index >= 15 is 0 Å². The summed E-state index contributed by atoms with van der Waals surface area (Å²) in [5.74, 6) is -1.60. The molecule has 0 aliphatic heterocycles. The Morgan fingerprint density at radius 2 is 1.94 bits per heavy atom. The molecule has 0 saturated heterocycles. The predicted octanol–water partition coefficient (Wildman–Crippen LogP) is 2.78. The summed E-state index contributed by atoms with van der Waals surface area (Å²) in [4.78, 5) is 11.4. The quantitative estimate of drug-likeness (QED) is 0.902. The van der Waals surface area contributed by atoms with Crippen molar-refractivity contribution in [1.29, 1.82) is 0 Å². The zero-order valence-corrected chi connectivity index (χ0v) is 10.9. The minimum atomic E-state index is -0.849. The lowest BCUT2D eigenvalue weighted by molar-refractivity contribution is -0.141. The molecule has 3 unspecified atom stereocenters. The second-order valence-corrected chi connectivity index (χ2v) is 5.45. The number of halogens is 1. The molecule has 0 aromatic heterocycles. The van der Waals surface area contributed by atoms with Crippen LogP contribution in [0.5, 0.6) is 0 Å². The van der Waals surface area contributed by atoms with Gasteiger partial charge in [-0.15, -0.1) is 0 Å². The van der Waals surface area contributed by atoms with Gasteiger partial charge in [-0.05, 0) is 30.5 Å². The number of rotatable bonds is 3. The number of carboxylic acids is 1. The van der Waals surface area contributed by atoms with Crippen molar-refractivity contribution in [2.45, 2.75) is 31.3 Å². The average Bonchev–Trinajstić information content (AvgIpc) is 2.68. The van der Waals surface area contributed by atoms with Gasteiger partial charge in [-0.1, -0.05) is 34.5 Å². The lowest BCUT2D eigenvalue weighted by atomic mass is 9.84. The molecule has 2 N–H and O–H groups in total. The highest BCUT2D eigenvalue weighted by Gasteiger charge is 2.37. The van der Waals surface area contributed by atoms with Crippen LogP contribution in [-0.4, -0.2) is 22.3 Å². The third-order valence-corrected chi connectivity index (χ3v) is 3.98. The Balaban J connectivity index is 2.28. The molecule has 92 valence electrons. The predicted molar refractivity (Wildman–Crippen MR) is 67.9 cm³/mol. The van der Waals surface area contributed by atoms with Crippen molar-refractivity contribution in [3.8, 4) is 0 Å². The van der Waals surface area contributed by atoms with Crippen LogP contribution in [0.3, 0.4) is 0 Å². The first-order chi connectivity index (χ1) is 8.09. The van der Waals surface area contributed by atoms with Crippen LogP contribution in [0.25, 0.3) is 0 Å². The third kappa shape index (κ3) is 2.69. The monoisotopic (exact) mass is 298 g/mol. The Labute approximate surface area is 109 Å². The van der Waals surface area contributed by atoms with Crippen LogP contribution >= 0.6 is 15.9 Å². The molecular formula is C13H15BrO3. The van der Waals surface area contributed by atoms with Crippen molar-refractivity contribution in [2.24, 2.45) is 5.92 Å². The first-order valence-electron chi connectivity index (χ1n) is 5.76. The van der Waals surface area contributed by atoms with Crippen LogP contribution in [0, 0.1) is 5.92 Å². The molecule has 0 bridgehead atoms. The zero-order valence-electron chi connectivity index (χ0n) is 9.34. The van der Waals surface area contributed by atoms with Crippen molar-refractivity contribution in [1.82, 2.24) is 0 Å². The molecule has 1 aromatic rings. The van der Waals surface area contributed by atoms with Crippen LogP contribution in [0.15, 0.2) is 28.7 Å². The number of carbonyl (C=O) groups is 1. The Hall–Kier alpha value is -0.870. The minimum Gasteiger partial charge on any atom is -0.481 e. The van der Waals surface area contributed by atoms with Crippen molar-refractivity contribution >= 4 is 21.9 Å². The second-order valence-electron chi connectivity index (χ2n) is 4.53. The molecule has 0 spiro atoms. The smallest absolute Gasteiger partial charge is 0.311 e. The van der Waals surface area contributed by atoms with Gasteiger partial charge in [-0.3, -0.25) is 4.79 Å². The summed E-state index contributed by atoms with van der Waals surface area (Å²) in [5, 5.41) is 19.2. The molecule has 1 saturated carbocycles. The number of benzene rings is 1. The fourth-order valence-electron chi connectivity index (χ4n) is 2.60. The fraction of sp³-hybridized carbons (Fsp3) is 0.462.